The highest BCUT2D eigenvalue weighted by Gasteiger charge is 2.34. The summed E-state index contributed by atoms with van der Waals surface area (Å²) in [5.74, 6) is 0.0281. The first kappa shape index (κ1) is 14.9. The van der Waals surface area contributed by atoms with Gasteiger partial charge in [0.05, 0.1) is 5.69 Å². The minimum atomic E-state index is -0.411. The molecule has 1 atom stereocenters. The molecular formula is C16H10FN7OS. The first-order valence-corrected chi connectivity index (χ1v) is 8.57. The van der Waals surface area contributed by atoms with Gasteiger partial charge in [0, 0.05) is 16.0 Å². The maximum atomic E-state index is 13.3. The minimum Gasteiger partial charge on any atom is -0.318 e. The van der Waals surface area contributed by atoms with Crippen LogP contribution < -0.4 is 10.9 Å². The third kappa shape index (κ3) is 2.15. The molecule has 128 valence electrons. The smallest absolute Gasteiger partial charge is 0.288 e. The van der Waals surface area contributed by atoms with E-state index in [1.54, 1.807) is 16.8 Å². The number of rotatable bonds is 2. The van der Waals surface area contributed by atoms with Gasteiger partial charge in [-0.2, -0.15) is 9.78 Å². The lowest BCUT2D eigenvalue weighted by Crippen LogP contribution is -2.28. The summed E-state index contributed by atoms with van der Waals surface area (Å²) in [4.78, 5) is 13.4. The van der Waals surface area contributed by atoms with Gasteiger partial charge >= 0.3 is 0 Å². The lowest BCUT2D eigenvalue weighted by molar-refractivity contribution is 0.574. The van der Waals surface area contributed by atoms with Crippen LogP contribution in [0.1, 0.15) is 16.5 Å². The second-order valence-electron chi connectivity index (χ2n) is 5.69. The van der Waals surface area contributed by atoms with Gasteiger partial charge in [-0.3, -0.25) is 4.79 Å². The van der Waals surface area contributed by atoms with Crippen molar-refractivity contribution in [2.75, 3.05) is 5.32 Å². The third-order valence-electron chi connectivity index (χ3n) is 4.20. The molecule has 0 spiro atoms. The number of hydrogen-bond acceptors (Lipinski definition) is 7. The van der Waals surface area contributed by atoms with E-state index in [1.807, 2.05) is 17.5 Å². The molecule has 0 saturated carbocycles. The number of nitrogens with one attached hydrogen (secondary N) is 2. The second kappa shape index (κ2) is 5.56. The predicted octanol–water partition coefficient (Wildman–Crippen LogP) is 2.32. The zero-order chi connectivity index (χ0) is 17.7. The number of H-pyrrole nitrogens is 1. The average molecular weight is 367 g/mol. The molecule has 0 fully saturated rings. The molecule has 5 rings (SSSR count). The number of benzene rings is 1. The van der Waals surface area contributed by atoms with Crippen molar-refractivity contribution >= 4 is 23.0 Å². The molecule has 0 unspecified atom stereocenters. The Bertz CT molecular complexity index is 1150. The Morgan fingerprint density at radius 2 is 2.04 bits per heavy atom. The SMILES string of the molecule is O=c1[nH]nc(-c2ccc(F)cc2)c2c1Nc1nnnn1[C@@H]2c1cccs1. The molecule has 0 bridgehead atoms. The summed E-state index contributed by atoms with van der Waals surface area (Å²) in [6.07, 6.45) is 0. The van der Waals surface area contributed by atoms with Gasteiger partial charge in [0.25, 0.3) is 5.56 Å². The van der Waals surface area contributed by atoms with Crippen LogP contribution in [0.15, 0.2) is 46.6 Å². The molecule has 10 heteroatoms. The molecule has 0 aliphatic carbocycles. The Morgan fingerprint density at radius 3 is 2.81 bits per heavy atom. The van der Waals surface area contributed by atoms with Crippen molar-refractivity contribution in [3.8, 4) is 11.3 Å². The van der Waals surface area contributed by atoms with Crippen molar-refractivity contribution in [2.45, 2.75) is 6.04 Å². The highest BCUT2D eigenvalue weighted by atomic mass is 32.1. The molecular weight excluding hydrogens is 357 g/mol. The summed E-state index contributed by atoms with van der Waals surface area (Å²) in [5, 5.41) is 23.4. The standard InChI is InChI=1S/C16H10FN7OS/c17-9-5-3-8(4-6-9)12-11-13(15(25)20-19-12)18-16-21-22-23-24(16)14(11)10-2-1-7-26-10/h1-7,14H,(H,20,25)(H,18,21,23)/t14-/m1/s1. The normalized spacial score (nSPS) is 15.2. The van der Waals surface area contributed by atoms with E-state index < -0.39 is 6.04 Å². The van der Waals surface area contributed by atoms with Crippen LogP contribution in [0.2, 0.25) is 0 Å². The summed E-state index contributed by atoms with van der Waals surface area (Å²) in [6.45, 7) is 0. The molecule has 0 amide bonds. The molecule has 8 nitrogen and oxygen atoms in total. The molecule has 0 saturated heterocycles. The number of aromatic nitrogens is 6. The van der Waals surface area contributed by atoms with Crippen molar-refractivity contribution < 1.29 is 4.39 Å². The fourth-order valence-electron chi connectivity index (χ4n) is 3.08. The van der Waals surface area contributed by atoms with Crippen LogP contribution in [-0.2, 0) is 0 Å². The molecule has 1 aliphatic rings. The highest BCUT2D eigenvalue weighted by molar-refractivity contribution is 7.10. The molecule has 4 heterocycles. The summed E-state index contributed by atoms with van der Waals surface area (Å²) >= 11 is 1.53. The van der Waals surface area contributed by atoms with Gasteiger partial charge in [0.2, 0.25) is 5.95 Å². The monoisotopic (exact) mass is 367 g/mol. The Kier molecular flexibility index (Phi) is 3.19. The van der Waals surface area contributed by atoms with Crippen LogP contribution in [0.4, 0.5) is 16.0 Å². The Balaban J connectivity index is 1.82. The van der Waals surface area contributed by atoms with E-state index in [1.165, 1.54) is 23.5 Å². The van der Waals surface area contributed by atoms with E-state index in [0.29, 0.717) is 28.5 Å². The number of thiophene rings is 1. The van der Waals surface area contributed by atoms with Crippen LogP contribution in [0.25, 0.3) is 11.3 Å². The van der Waals surface area contributed by atoms with Gasteiger partial charge in [-0.05, 0) is 46.1 Å². The summed E-state index contributed by atoms with van der Waals surface area (Å²) in [7, 11) is 0. The van der Waals surface area contributed by atoms with Gasteiger partial charge < -0.3 is 5.32 Å². The molecule has 4 aromatic rings. The minimum absolute atomic E-state index is 0.333. The quantitative estimate of drug-likeness (QED) is 0.497. The first-order valence-electron chi connectivity index (χ1n) is 7.69. The second-order valence-corrected chi connectivity index (χ2v) is 6.67. The molecule has 1 aliphatic heterocycles. The van der Waals surface area contributed by atoms with Gasteiger partial charge in [0.15, 0.2) is 0 Å². The van der Waals surface area contributed by atoms with E-state index in [0.717, 1.165) is 4.88 Å². The summed E-state index contributed by atoms with van der Waals surface area (Å²) < 4.78 is 15.0. The topological polar surface area (TPSA) is 101 Å². The number of fused-ring (bicyclic) bond motifs is 2. The van der Waals surface area contributed by atoms with Gasteiger partial charge in [0.1, 0.15) is 17.5 Å². The predicted molar refractivity (Wildman–Crippen MR) is 92.9 cm³/mol. The molecule has 26 heavy (non-hydrogen) atoms. The van der Waals surface area contributed by atoms with Crippen LogP contribution in [0.3, 0.4) is 0 Å². The number of halogens is 1. The van der Waals surface area contributed by atoms with Crippen LogP contribution in [-0.4, -0.2) is 30.4 Å². The van der Waals surface area contributed by atoms with Crippen molar-refractivity contribution in [2.24, 2.45) is 0 Å². The summed E-state index contributed by atoms with van der Waals surface area (Å²) in [6, 6.07) is 9.41. The van der Waals surface area contributed by atoms with E-state index in [2.05, 4.69) is 31.0 Å². The number of anilines is 2. The zero-order valence-electron chi connectivity index (χ0n) is 13.0. The van der Waals surface area contributed by atoms with Crippen molar-refractivity contribution in [1.82, 2.24) is 30.4 Å². The first-order chi connectivity index (χ1) is 12.7. The Hall–Kier alpha value is -3.40. The lowest BCUT2D eigenvalue weighted by atomic mass is 9.96. The Morgan fingerprint density at radius 1 is 1.19 bits per heavy atom. The average Bonchev–Trinajstić information content (AvgIpc) is 3.33. The fraction of sp³-hybridized carbons (Fsp3) is 0.0625. The maximum absolute atomic E-state index is 13.3. The number of nitrogens with zero attached hydrogens (tertiary/aromatic N) is 5. The lowest BCUT2D eigenvalue weighted by Gasteiger charge is -2.26. The summed E-state index contributed by atoms with van der Waals surface area (Å²) in [5.41, 5.74) is 1.81. The molecule has 1 aromatic carbocycles. The fourth-order valence-corrected chi connectivity index (χ4v) is 3.89. The Labute approximate surface area is 149 Å². The molecule has 3 aromatic heterocycles. The maximum Gasteiger partial charge on any atom is 0.288 e. The number of aromatic amines is 1. The number of hydrogen-bond donors (Lipinski definition) is 2. The van der Waals surface area contributed by atoms with Crippen molar-refractivity contribution in [1.29, 1.82) is 0 Å². The van der Waals surface area contributed by atoms with E-state index in [-0.39, 0.29) is 11.4 Å². The largest absolute Gasteiger partial charge is 0.318 e. The van der Waals surface area contributed by atoms with Crippen molar-refractivity contribution in [3.05, 3.63) is 68.4 Å². The zero-order valence-corrected chi connectivity index (χ0v) is 13.9. The van der Waals surface area contributed by atoms with Crippen LogP contribution >= 0.6 is 11.3 Å². The number of tetrazole rings is 1. The van der Waals surface area contributed by atoms with Gasteiger partial charge in [-0.25, -0.2) is 9.49 Å². The molecule has 0 radical (unpaired) electrons. The van der Waals surface area contributed by atoms with Gasteiger partial charge in [-0.15, -0.1) is 11.3 Å². The third-order valence-corrected chi connectivity index (χ3v) is 5.12. The van der Waals surface area contributed by atoms with Crippen LogP contribution in [0, 0.1) is 5.82 Å². The van der Waals surface area contributed by atoms with E-state index in [4.69, 9.17) is 0 Å². The van der Waals surface area contributed by atoms with Crippen molar-refractivity contribution in [3.63, 3.8) is 0 Å². The van der Waals surface area contributed by atoms with Gasteiger partial charge in [-0.1, -0.05) is 11.2 Å². The highest BCUT2D eigenvalue weighted by Crippen LogP contribution is 2.42. The van der Waals surface area contributed by atoms with E-state index in [9.17, 15) is 9.18 Å². The molecule has 2 N–H and O–H groups in total. The van der Waals surface area contributed by atoms with E-state index >= 15 is 0 Å². The van der Waals surface area contributed by atoms with Crippen LogP contribution in [0.5, 0.6) is 0 Å².